The van der Waals surface area contributed by atoms with Crippen molar-refractivity contribution >= 4 is 39.2 Å². The van der Waals surface area contributed by atoms with Crippen LogP contribution in [0.15, 0.2) is 132 Å². The fourth-order valence-corrected chi connectivity index (χ4v) is 8.20. The van der Waals surface area contributed by atoms with Crippen LogP contribution < -0.4 is 5.32 Å². The second kappa shape index (κ2) is 14.8. The van der Waals surface area contributed by atoms with Gasteiger partial charge in [-0.1, -0.05) is 116 Å². The number of ether oxygens (including phenoxy) is 2. The minimum absolute atomic E-state index is 0.00606. The van der Waals surface area contributed by atoms with Gasteiger partial charge in [0, 0.05) is 29.3 Å². The molecule has 0 spiro atoms. The van der Waals surface area contributed by atoms with Gasteiger partial charge >= 0.3 is 0 Å². The number of aromatic nitrogens is 1. The molecule has 0 unspecified atom stereocenters. The van der Waals surface area contributed by atoms with Crippen molar-refractivity contribution in [3.8, 4) is 11.1 Å². The van der Waals surface area contributed by atoms with Crippen LogP contribution in [0.5, 0.6) is 0 Å². The second-order valence-corrected chi connectivity index (χ2v) is 14.2. The van der Waals surface area contributed by atoms with Gasteiger partial charge < -0.3 is 19.9 Å². The molecule has 242 valence electrons. The number of para-hydroxylation sites is 1. The van der Waals surface area contributed by atoms with Gasteiger partial charge in [-0.2, -0.15) is 0 Å². The van der Waals surface area contributed by atoms with Gasteiger partial charge in [0.2, 0.25) is 0 Å². The maximum Gasteiger partial charge on any atom is 0.251 e. The summed E-state index contributed by atoms with van der Waals surface area (Å²) < 4.78 is 15.6. The van der Waals surface area contributed by atoms with E-state index in [0.29, 0.717) is 12.1 Å². The van der Waals surface area contributed by atoms with Crippen molar-refractivity contribution in [3.05, 3.63) is 155 Å². The van der Waals surface area contributed by atoms with Gasteiger partial charge in [0.25, 0.3) is 5.91 Å². The highest BCUT2D eigenvalue weighted by Gasteiger charge is 2.38. The van der Waals surface area contributed by atoms with Gasteiger partial charge in [0.05, 0.1) is 29.0 Å². The third kappa shape index (κ3) is 7.38. The number of carbonyl (C=O) groups is 1. The number of benzene rings is 5. The smallest absolute Gasteiger partial charge is 0.251 e. The number of thiazole rings is 1. The van der Waals surface area contributed by atoms with Crippen LogP contribution in [0.3, 0.4) is 0 Å². The van der Waals surface area contributed by atoms with E-state index in [1.807, 2.05) is 78.9 Å². The lowest BCUT2D eigenvalue weighted by molar-refractivity contribution is -0.268. The van der Waals surface area contributed by atoms with Crippen LogP contribution in [0.25, 0.3) is 21.3 Å². The van der Waals surface area contributed by atoms with Gasteiger partial charge in [0.15, 0.2) is 10.6 Å². The molecule has 1 aromatic heterocycles. The lowest BCUT2D eigenvalue weighted by Crippen LogP contribution is -2.38. The molecule has 0 bridgehead atoms. The SMILES string of the molecule is C[C@@H]1[C@H](CSc2nc3ccccc3s2)O[C@H](c2ccc(-c3cccc(CNC(=O)c4ccccc4)c3)cc2)O[C@@H]1c1ccc(CO)cc1. The molecular formula is C40H36N2O4S2. The fraction of sp³-hybridized carbons (Fsp3) is 0.200. The lowest BCUT2D eigenvalue weighted by atomic mass is 9.91. The molecule has 6 aromatic rings. The number of fused-ring (bicyclic) bond motifs is 1. The van der Waals surface area contributed by atoms with Crippen LogP contribution in [0.2, 0.25) is 0 Å². The fourth-order valence-electron chi connectivity index (χ4n) is 5.94. The van der Waals surface area contributed by atoms with Crippen LogP contribution in [0.4, 0.5) is 0 Å². The van der Waals surface area contributed by atoms with E-state index in [9.17, 15) is 9.90 Å². The van der Waals surface area contributed by atoms with Crippen LogP contribution in [-0.2, 0) is 22.6 Å². The van der Waals surface area contributed by atoms with Crippen molar-refractivity contribution in [1.29, 1.82) is 0 Å². The molecule has 0 aliphatic carbocycles. The van der Waals surface area contributed by atoms with Crippen molar-refractivity contribution < 1.29 is 19.4 Å². The number of carbonyl (C=O) groups excluding carboxylic acids is 1. The Bertz CT molecular complexity index is 1950. The first-order valence-electron chi connectivity index (χ1n) is 16.1. The second-order valence-electron chi connectivity index (χ2n) is 12.0. The maximum absolute atomic E-state index is 12.5. The highest BCUT2D eigenvalue weighted by Crippen LogP contribution is 2.43. The summed E-state index contributed by atoms with van der Waals surface area (Å²) in [6.07, 6.45) is -0.802. The third-order valence-corrected chi connectivity index (χ3v) is 11.0. The number of aliphatic hydroxyl groups is 1. The van der Waals surface area contributed by atoms with Gasteiger partial charge in [-0.3, -0.25) is 4.79 Å². The van der Waals surface area contributed by atoms with Gasteiger partial charge in [-0.15, -0.1) is 11.3 Å². The molecule has 1 amide bonds. The molecule has 2 N–H and O–H groups in total. The predicted molar refractivity (Wildman–Crippen MR) is 193 cm³/mol. The molecular weight excluding hydrogens is 637 g/mol. The molecule has 8 heteroatoms. The van der Waals surface area contributed by atoms with Crippen LogP contribution >= 0.6 is 23.1 Å². The summed E-state index contributed by atoms with van der Waals surface area (Å²) in [4.78, 5) is 17.4. The molecule has 0 radical (unpaired) electrons. The van der Waals surface area contributed by atoms with E-state index in [0.717, 1.165) is 49.0 Å². The average Bonchev–Trinajstić information content (AvgIpc) is 3.57. The zero-order valence-electron chi connectivity index (χ0n) is 26.5. The molecule has 1 aliphatic rings. The Kier molecular flexibility index (Phi) is 9.98. The summed E-state index contributed by atoms with van der Waals surface area (Å²) in [6.45, 7) is 2.63. The van der Waals surface area contributed by atoms with E-state index in [4.69, 9.17) is 14.5 Å². The number of hydrogen-bond donors (Lipinski definition) is 2. The van der Waals surface area contributed by atoms with Gasteiger partial charge in [-0.25, -0.2) is 4.98 Å². The Morgan fingerprint density at radius 2 is 1.56 bits per heavy atom. The first-order chi connectivity index (χ1) is 23.5. The van der Waals surface area contributed by atoms with E-state index >= 15 is 0 Å². The Morgan fingerprint density at radius 3 is 2.33 bits per heavy atom. The standard InChI is InChI=1S/C40H36N2O4S2/c1-26-35(25-47-40-42-34-12-5-6-13-36(34)48-40)45-39(46-37(26)30-16-14-27(24-43)15-17-30)32-20-18-29(19-21-32)33-11-7-8-28(22-33)23-41-38(44)31-9-3-2-4-10-31/h2-22,26,35,37,39,43H,23-25H2,1H3,(H,41,44)/t26-,35+,37+,39+/m1/s1. The van der Waals surface area contributed by atoms with E-state index in [-0.39, 0.29) is 30.6 Å². The monoisotopic (exact) mass is 672 g/mol. The molecule has 0 saturated carbocycles. The first-order valence-corrected chi connectivity index (χ1v) is 17.9. The van der Waals surface area contributed by atoms with Crippen molar-refractivity contribution in [3.63, 3.8) is 0 Å². The van der Waals surface area contributed by atoms with Crippen molar-refractivity contribution in [2.45, 2.75) is 42.9 Å². The molecule has 2 heterocycles. The molecule has 7 rings (SSSR count). The maximum atomic E-state index is 12.5. The lowest BCUT2D eigenvalue weighted by Gasteiger charge is -2.41. The number of rotatable bonds is 10. The van der Waals surface area contributed by atoms with Crippen LogP contribution in [0.1, 0.15) is 51.9 Å². The van der Waals surface area contributed by atoms with E-state index in [1.54, 1.807) is 23.1 Å². The zero-order valence-corrected chi connectivity index (χ0v) is 28.1. The topological polar surface area (TPSA) is 80.7 Å². The van der Waals surface area contributed by atoms with E-state index in [2.05, 4.69) is 60.8 Å². The Balaban J connectivity index is 1.08. The summed E-state index contributed by atoms with van der Waals surface area (Å²) in [5.74, 6) is 0.747. The van der Waals surface area contributed by atoms with Gasteiger partial charge in [-0.05, 0) is 58.1 Å². The molecule has 48 heavy (non-hydrogen) atoms. The van der Waals surface area contributed by atoms with Crippen LogP contribution in [-0.4, -0.2) is 27.9 Å². The zero-order chi connectivity index (χ0) is 32.9. The number of aliphatic hydroxyl groups excluding tert-OH is 1. The van der Waals surface area contributed by atoms with Crippen molar-refractivity contribution in [2.24, 2.45) is 5.92 Å². The molecule has 1 saturated heterocycles. The quantitative estimate of drug-likeness (QED) is 0.142. The highest BCUT2D eigenvalue weighted by atomic mass is 32.2. The highest BCUT2D eigenvalue weighted by molar-refractivity contribution is 8.01. The Morgan fingerprint density at radius 1 is 0.812 bits per heavy atom. The summed E-state index contributed by atoms with van der Waals surface area (Å²) in [7, 11) is 0. The number of amides is 1. The number of hydrogen-bond acceptors (Lipinski definition) is 7. The first kappa shape index (κ1) is 32.2. The van der Waals surface area contributed by atoms with Crippen molar-refractivity contribution in [1.82, 2.24) is 10.3 Å². The molecule has 1 aliphatic heterocycles. The summed E-state index contributed by atoms with van der Waals surface area (Å²) >= 11 is 3.44. The molecule has 6 nitrogen and oxygen atoms in total. The minimum Gasteiger partial charge on any atom is -0.392 e. The minimum atomic E-state index is -0.543. The summed E-state index contributed by atoms with van der Waals surface area (Å²) in [5.41, 5.74) is 7.71. The van der Waals surface area contributed by atoms with Crippen molar-refractivity contribution in [2.75, 3.05) is 5.75 Å². The number of thioether (sulfide) groups is 1. The van der Waals surface area contributed by atoms with Crippen LogP contribution in [0, 0.1) is 5.92 Å². The summed E-state index contributed by atoms with van der Waals surface area (Å²) in [6, 6.07) is 42.0. The normalized spacial score (nSPS) is 19.3. The van der Waals surface area contributed by atoms with E-state index < -0.39 is 6.29 Å². The number of nitrogens with zero attached hydrogens (tertiary/aromatic N) is 1. The Hall–Kier alpha value is -4.31. The average molecular weight is 673 g/mol. The number of nitrogens with one attached hydrogen (secondary N) is 1. The molecule has 1 fully saturated rings. The largest absolute Gasteiger partial charge is 0.392 e. The third-order valence-electron chi connectivity index (χ3n) is 8.70. The van der Waals surface area contributed by atoms with E-state index in [1.165, 1.54) is 4.70 Å². The Labute approximate surface area is 288 Å². The van der Waals surface area contributed by atoms with Gasteiger partial charge in [0.1, 0.15) is 0 Å². The predicted octanol–water partition coefficient (Wildman–Crippen LogP) is 8.97. The summed E-state index contributed by atoms with van der Waals surface area (Å²) in [5, 5.41) is 12.6. The molecule has 4 atom stereocenters. The molecule has 5 aromatic carbocycles.